The second-order valence-electron chi connectivity index (χ2n) is 8.84. The van der Waals surface area contributed by atoms with E-state index in [1.54, 1.807) is 6.07 Å². The Balaban J connectivity index is 3.20. The number of anilines is 1. The molecule has 1 aromatic carbocycles. The molecule has 0 saturated carbocycles. The Morgan fingerprint density at radius 2 is 1.43 bits per heavy atom. The van der Waals surface area contributed by atoms with Gasteiger partial charge < -0.3 is 13.8 Å². The lowest BCUT2D eigenvalue weighted by Crippen LogP contribution is -2.33. The maximum Gasteiger partial charge on any atom is 0.325 e. The van der Waals surface area contributed by atoms with Crippen LogP contribution in [-0.4, -0.2) is 30.8 Å². The van der Waals surface area contributed by atoms with Gasteiger partial charge in [-0.3, -0.25) is 0 Å². The summed E-state index contributed by atoms with van der Waals surface area (Å²) < 4.78 is 11.7. The first-order valence-corrected chi connectivity index (χ1v) is 18.3. The summed E-state index contributed by atoms with van der Waals surface area (Å²) in [7, 11) is -5.19. The van der Waals surface area contributed by atoms with Gasteiger partial charge in [0.1, 0.15) is 14.0 Å². The first kappa shape index (κ1) is 20.0. The highest BCUT2D eigenvalue weighted by atomic mass is 28.4. The fourth-order valence-electron chi connectivity index (χ4n) is 1.97. The maximum atomic E-state index is 12.4. The van der Waals surface area contributed by atoms with Crippen LogP contribution < -0.4 is 9.41 Å². The maximum absolute atomic E-state index is 12.4. The van der Waals surface area contributed by atoms with Crippen LogP contribution in [0.25, 0.3) is 0 Å². The molecule has 1 rings (SSSR count). The van der Waals surface area contributed by atoms with E-state index in [-0.39, 0.29) is 5.97 Å². The van der Waals surface area contributed by atoms with E-state index in [4.69, 9.17) is 8.85 Å². The lowest BCUT2D eigenvalue weighted by Gasteiger charge is -2.24. The molecule has 0 heterocycles. The van der Waals surface area contributed by atoms with Crippen molar-refractivity contribution in [2.24, 2.45) is 0 Å². The van der Waals surface area contributed by atoms with E-state index >= 15 is 0 Å². The van der Waals surface area contributed by atoms with Crippen molar-refractivity contribution in [3.8, 4) is 5.75 Å². The Bertz CT molecular complexity index is 535. The monoisotopic (exact) mass is 369 g/mol. The van der Waals surface area contributed by atoms with Crippen LogP contribution in [0.4, 0.5) is 5.69 Å². The lowest BCUT2D eigenvalue weighted by molar-refractivity contribution is 0.0724. The highest BCUT2D eigenvalue weighted by molar-refractivity contribution is 6.79. The second kappa shape index (κ2) is 6.82. The summed E-state index contributed by atoms with van der Waals surface area (Å²) in [5.74, 6) is 0.485. The number of carbonyl (C=O) groups excluding carboxylic acids is 1. The van der Waals surface area contributed by atoms with Crippen molar-refractivity contribution in [2.75, 3.05) is 4.98 Å². The molecule has 0 fully saturated rings. The normalized spacial score (nSPS) is 12.7. The third-order valence-electron chi connectivity index (χ3n) is 2.48. The van der Waals surface area contributed by atoms with E-state index in [2.05, 4.69) is 44.3 Å². The molecular weight excluding hydrogens is 338 g/mol. The number of benzene rings is 1. The van der Waals surface area contributed by atoms with Gasteiger partial charge in [0.05, 0.1) is 5.56 Å². The predicted octanol–water partition coefficient (Wildman–Crippen LogP) is 5.14. The minimum Gasteiger partial charge on any atom is -0.544 e. The van der Waals surface area contributed by atoms with E-state index in [0.717, 1.165) is 11.4 Å². The lowest BCUT2D eigenvalue weighted by atomic mass is 10.2. The fraction of sp³-hybridized carbons (Fsp3) is 0.562. The van der Waals surface area contributed by atoms with Crippen LogP contribution in [0, 0.1) is 0 Å². The van der Waals surface area contributed by atoms with Gasteiger partial charge in [0, 0.05) is 11.8 Å². The molecule has 0 aliphatic carbocycles. The van der Waals surface area contributed by atoms with Crippen LogP contribution in [-0.2, 0) is 4.43 Å². The zero-order valence-electron chi connectivity index (χ0n) is 16.0. The largest absolute Gasteiger partial charge is 0.544 e. The SMILES string of the molecule is C[Si](C)(C)Nc1cc(O[Si](C)(C)C)cc(C(=O)O[Si](C)(C)C)c1. The molecular formula is C16H31NO3Si3. The van der Waals surface area contributed by atoms with Crippen molar-refractivity contribution in [3.05, 3.63) is 23.8 Å². The van der Waals surface area contributed by atoms with Crippen LogP contribution in [0.2, 0.25) is 58.9 Å². The van der Waals surface area contributed by atoms with E-state index in [9.17, 15) is 4.79 Å². The summed E-state index contributed by atoms with van der Waals surface area (Å²) in [4.78, 5) is 16.0. The molecule has 4 nitrogen and oxygen atoms in total. The average molecular weight is 370 g/mol. The third kappa shape index (κ3) is 8.38. The summed E-state index contributed by atoms with van der Waals surface area (Å²) >= 11 is 0. The molecule has 1 aromatic rings. The van der Waals surface area contributed by atoms with Crippen molar-refractivity contribution in [2.45, 2.75) is 58.9 Å². The van der Waals surface area contributed by atoms with E-state index in [1.165, 1.54) is 0 Å². The van der Waals surface area contributed by atoms with Gasteiger partial charge in [-0.05, 0) is 51.4 Å². The van der Waals surface area contributed by atoms with Gasteiger partial charge in [-0.15, -0.1) is 0 Å². The number of hydrogen-bond acceptors (Lipinski definition) is 4. The van der Waals surface area contributed by atoms with E-state index in [0.29, 0.717) is 5.56 Å². The predicted molar refractivity (Wildman–Crippen MR) is 106 cm³/mol. The Morgan fingerprint density at radius 3 is 1.87 bits per heavy atom. The first-order chi connectivity index (χ1) is 10.1. The zero-order chi connectivity index (χ0) is 18.1. The van der Waals surface area contributed by atoms with E-state index < -0.39 is 24.9 Å². The number of rotatable bonds is 6. The molecule has 0 unspecified atom stereocenters. The highest BCUT2D eigenvalue weighted by Gasteiger charge is 2.24. The van der Waals surface area contributed by atoms with Gasteiger partial charge in [-0.2, -0.15) is 0 Å². The summed E-state index contributed by atoms with van der Waals surface area (Å²) in [5.41, 5.74) is 1.49. The number of hydrogen-bond donors (Lipinski definition) is 1. The number of carbonyl (C=O) groups is 1. The molecule has 130 valence electrons. The van der Waals surface area contributed by atoms with E-state index in [1.807, 2.05) is 31.8 Å². The summed E-state index contributed by atoms with van der Waals surface area (Å²) in [6, 6.07) is 5.66. The van der Waals surface area contributed by atoms with Crippen molar-refractivity contribution in [1.82, 2.24) is 0 Å². The molecule has 0 spiro atoms. The van der Waals surface area contributed by atoms with Gasteiger partial charge in [0.15, 0.2) is 0 Å². The first-order valence-electron chi connectivity index (χ1n) is 8.00. The number of nitrogens with one attached hydrogen (secondary N) is 1. The van der Waals surface area contributed by atoms with Gasteiger partial charge in [0.25, 0.3) is 0 Å². The van der Waals surface area contributed by atoms with Crippen LogP contribution in [0.1, 0.15) is 10.4 Å². The second-order valence-corrected chi connectivity index (χ2v) is 22.4. The van der Waals surface area contributed by atoms with Crippen molar-refractivity contribution in [1.29, 1.82) is 0 Å². The molecule has 1 N–H and O–H groups in total. The molecule has 0 aliphatic rings. The quantitative estimate of drug-likeness (QED) is 0.705. The molecule has 7 heteroatoms. The minimum atomic E-state index is -1.92. The summed E-state index contributed by atoms with van der Waals surface area (Å²) in [5, 5.41) is 0. The Labute approximate surface area is 143 Å². The van der Waals surface area contributed by atoms with Crippen molar-refractivity contribution in [3.63, 3.8) is 0 Å². The molecule has 23 heavy (non-hydrogen) atoms. The summed E-state index contributed by atoms with van der Waals surface area (Å²) in [6.45, 7) is 19.1. The van der Waals surface area contributed by atoms with Crippen molar-refractivity contribution < 1.29 is 13.6 Å². The molecule has 0 amide bonds. The smallest absolute Gasteiger partial charge is 0.325 e. The van der Waals surface area contributed by atoms with Crippen LogP contribution in [0.5, 0.6) is 5.75 Å². The molecule has 0 radical (unpaired) electrons. The molecule has 0 aromatic heterocycles. The minimum absolute atomic E-state index is 0.260. The molecule has 0 saturated heterocycles. The highest BCUT2D eigenvalue weighted by Crippen LogP contribution is 2.26. The summed E-state index contributed by atoms with van der Waals surface area (Å²) in [6.07, 6.45) is 0. The Kier molecular flexibility index (Phi) is 5.93. The van der Waals surface area contributed by atoms with Crippen LogP contribution in [0.15, 0.2) is 18.2 Å². The Morgan fingerprint density at radius 1 is 0.870 bits per heavy atom. The van der Waals surface area contributed by atoms with Crippen LogP contribution in [0.3, 0.4) is 0 Å². The average Bonchev–Trinajstić information content (AvgIpc) is 2.20. The molecule has 0 atom stereocenters. The zero-order valence-corrected chi connectivity index (χ0v) is 19.0. The fourth-order valence-corrected chi connectivity index (χ4v) is 4.48. The van der Waals surface area contributed by atoms with Gasteiger partial charge in [-0.25, -0.2) is 4.79 Å². The van der Waals surface area contributed by atoms with Gasteiger partial charge in [-0.1, -0.05) is 19.6 Å². The molecule has 0 aliphatic heterocycles. The van der Waals surface area contributed by atoms with Gasteiger partial charge >= 0.3 is 5.97 Å². The van der Waals surface area contributed by atoms with Crippen molar-refractivity contribution >= 4 is 36.5 Å². The third-order valence-corrected chi connectivity index (χ3v) is 5.17. The standard InChI is InChI=1S/C16H31NO3Si3/c1-21(2,3)17-14-10-13(16(18)20-23(7,8)9)11-15(12-14)19-22(4,5)6/h10-12,17H,1-9H3. The van der Waals surface area contributed by atoms with Gasteiger partial charge in [0.2, 0.25) is 16.6 Å². The van der Waals surface area contributed by atoms with Crippen LogP contribution >= 0.6 is 0 Å². The Hall–Kier alpha value is -1.06. The molecule has 0 bridgehead atoms. The topological polar surface area (TPSA) is 47.6 Å².